The van der Waals surface area contributed by atoms with Crippen LogP contribution >= 0.6 is 0 Å². The summed E-state index contributed by atoms with van der Waals surface area (Å²) in [6, 6.07) is 9.29. The summed E-state index contributed by atoms with van der Waals surface area (Å²) in [5, 5.41) is 2.81. The highest BCUT2D eigenvalue weighted by atomic mass is 16.5. The molecule has 84 valence electrons. The van der Waals surface area contributed by atoms with Gasteiger partial charge in [-0.05, 0) is 5.56 Å². The molecule has 0 spiro atoms. The number of hydrogen-bond acceptors (Lipinski definition) is 3. The monoisotopic (exact) mass is 219 g/mol. The molecule has 1 aromatic carbocycles. The summed E-state index contributed by atoms with van der Waals surface area (Å²) in [4.78, 5) is 22.2. The summed E-state index contributed by atoms with van der Waals surface area (Å²) in [6.45, 7) is 1.35. The lowest BCUT2D eigenvalue weighted by molar-refractivity contribution is -0.146. The first kappa shape index (κ1) is 10.7. The van der Waals surface area contributed by atoms with Crippen LogP contribution in [0.15, 0.2) is 30.3 Å². The highest BCUT2D eigenvalue weighted by molar-refractivity contribution is 5.80. The SMILES string of the molecule is CC(=O)O[C@@H]1CC(=O)N[C@H]1c1ccccc1. The standard InChI is InChI=1S/C12H13NO3/c1-8(14)16-10-7-11(15)13-12(10)9-5-3-2-4-6-9/h2-6,10,12H,7H2,1H3,(H,13,15)/t10-,12+/m1/s1. The highest BCUT2D eigenvalue weighted by Gasteiger charge is 2.35. The van der Waals surface area contributed by atoms with Crippen molar-refractivity contribution in [1.82, 2.24) is 5.32 Å². The van der Waals surface area contributed by atoms with Gasteiger partial charge in [0, 0.05) is 6.92 Å². The van der Waals surface area contributed by atoms with Crippen LogP contribution in [0.25, 0.3) is 0 Å². The second kappa shape index (κ2) is 4.35. The molecule has 1 aromatic rings. The zero-order chi connectivity index (χ0) is 11.5. The van der Waals surface area contributed by atoms with Crippen molar-refractivity contribution in [3.8, 4) is 0 Å². The second-order valence-electron chi connectivity index (χ2n) is 3.81. The van der Waals surface area contributed by atoms with Crippen molar-refractivity contribution >= 4 is 11.9 Å². The van der Waals surface area contributed by atoms with Crippen LogP contribution in [0.4, 0.5) is 0 Å². The van der Waals surface area contributed by atoms with Crippen LogP contribution < -0.4 is 5.32 Å². The normalized spacial score (nSPS) is 23.9. The van der Waals surface area contributed by atoms with Crippen molar-refractivity contribution in [2.45, 2.75) is 25.5 Å². The highest BCUT2D eigenvalue weighted by Crippen LogP contribution is 2.26. The van der Waals surface area contributed by atoms with Gasteiger partial charge < -0.3 is 10.1 Å². The molecule has 2 atom stereocenters. The largest absolute Gasteiger partial charge is 0.459 e. The molecule has 2 rings (SSSR count). The smallest absolute Gasteiger partial charge is 0.303 e. The fraction of sp³-hybridized carbons (Fsp3) is 0.333. The molecule has 1 aliphatic rings. The van der Waals surface area contributed by atoms with Gasteiger partial charge in [0.15, 0.2) is 0 Å². The van der Waals surface area contributed by atoms with Crippen LogP contribution in [0.1, 0.15) is 24.9 Å². The van der Waals surface area contributed by atoms with Gasteiger partial charge in [0.05, 0.1) is 12.5 Å². The Balaban J connectivity index is 2.19. The Bertz CT molecular complexity index is 402. The van der Waals surface area contributed by atoms with E-state index in [0.29, 0.717) is 0 Å². The number of ether oxygens (including phenoxy) is 1. The minimum Gasteiger partial charge on any atom is -0.459 e. The van der Waals surface area contributed by atoms with Gasteiger partial charge in [0.25, 0.3) is 0 Å². The van der Waals surface area contributed by atoms with Crippen LogP contribution in [0.2, 0.25) is 0 Å². The minimum atomic E-state index is -0.396. The third-order valence-corrected chi connectivity index (χ3v) is 2.55. The Labute approximate surface area is 93.6 Å². The molecule has 1 amide bonds. The summed E-state index contributed by atoms with van der Waals surface area (Å²) in [7, 11) is 0. The number of amides is 1. The summed E-state index contributed by atoms with van der Waals surface area (Å²) in [6.07, 6.45) is -0.161. The van der Waals surface area contributed by atoms with E-state index in [-0.39, 0.29) is 24.3 Å². The molecule has 4 nitrogen and oxygen atoms in total. The molecular formula is C12H13NO3. The molecule has 0 aliphatic carbocycles. The average Bonchev–Trinajstić information content (AvgIpc) is 2.60. The van der Waals surface area contributed by atoms with Crippen molar-refractivity contribution in [2.75, 3.05) is 0 Å². The predicted molar refractivity (Wildman–Crippen MR) is 57.5 cm³/mol. The molecule has 1 saturated heterocycles. The Hall–Kier alpha value is -1.84. The number of esters is 1. The van der Waals surface area contributed by atoms with E-state index in [9.17, 15) is 9.59 Å². The molecule has 1 N–H and O–H groups in total. The first-order valence-electron chi connectivity index (χ1n) is 5.18. The summed E-state index contributed by atoms with van der Waals surface area (Å²) in [5.74, 6) is -0.442. The van der Waals surface area contributed by atoms with Crippen LogP contribution in [-0.4, -0.2) is 18.0 Å². The first-order chi connectivity index (χ1) is 7.66. The van der Waals surface area contributed by atoms with Gasteiger partial charge in [-0.15, -0.1) is 0 Å². The third-order valence-electron chi connectivity index (χ3n) is 2.55. The van der Waals surface area contributed by atoms with Crippen molar-refractivity contribution in [3.05, 3.63) is 35.9 Å². The van der Waals surface area contributed by atoms with Crippen LogP contribution in [0.3, 0.4) is 0 Å². The molecule has 4 heteroatoms. The molecule has 1 heterocycles. The average molecular weight is 219 g/mol. The molecule has 0 saturated carbocycles. The maximum absolute atomic E-state index is 11.3. The number of nitrogens with one attached hydrogen (secondary N) is 1. The fourth-order valence-corrected chi connectivity index (χ4v) is 1.91. The van der Waals surface area contributed by atoms with Crippen LogP contribution in [0, 0.1) is 0 Å². The number of rotatable bonds is 2. The van der Waals surface area contributed by atoms with E-state index < -0.39 is 6.10 Å². The van der Waals surface area contributed by atoms with Crippen molar-refractivity contribution < 1.29 is 14.3 Å². The quantitative estimate of drug-likeness (QED) is 0.760. The second-order valence-corrected chi connectivity index (χ2v) is 3.81. The van der Waals surface area contributed by atoms with Crippen LogP contribution in [0.5, 0.6) is 0 Å². The number of carbonyl (C=O) groups excluding carboxylic acids is 2. The third kappa shape index (κ3) is 2.21. The lowest BCUT2D eigenvalue weighted by Crippen LogP contribution is -2.25. The molecule has 0 aromatic heterocycles. The van der Waals surface area contributed by atoms with E-state index in [2.05, 4.69) is 5.32 Å². The molecular weight excluding hydrogens is 206 g/mol. The van der Waals surface area contributed by atoms with Crippen molar-refractivity contribution in [1.29, 1.82) is 0 Å². The Morgan fingerprint density at radius 2 is 2.06 bits per heavy atom. The van der Waals surface area contributed by atoms with Gasteiger partial charge >= 0.3 is 5.97 Å². The van der Waals surface area contributed by atoms with Crippen LogP contribution in [-0.2, 0) is 14.3 Å². The molecule has 1 fully saturated rings. The van der Waals surface area contributed by atoms with E-state index in [1.807, 2.05) is 30.3 Å². The maximum atomic E-state index is 11.3. The van der Waals surface area contributed by atoms with Gasteiger partial charge in [-0.1, -0.05) is 30.3 Å². The van der Waals surface area contributed by atoms with Gasteiger partial charge in [0.1, 0.15) is 6.10 Å². The summed E-state index contributed by atoms with van der Waals surface area (Å²) in [5.41, 5.74) is 0.958. The van der Waals surface area contributed by atoms with Gasteiger partial charge in [0.2, 0.25) is 5.91 Å². The zero-order valence-electron chi connectivity index (χ0n) is 8.97. The minimum absolute atomic E-state index is 0.0832. The number of benzene rings is 1. The van der Waals surface area contributed by atoms with Gasteiger partial charge in [-0.2, -0.15) is 0 Å². The fourth-order valence-electron chi connectivity index (χ4n) is 1.91. The number of carbonyl (C=O) groups is 2. The summed E-state index contributed by atoms with van der Waals surface area (Å²) >= 11 is 0. The predicted octanol–water partition coefficient (Wildman–Crippen LogP) is 1.18. The molecule has 0 radical (unpaired) electrons. The molecule has 0 bridgehead atoms. The Morgan fingerprint density at radius 3 is 2.69 bits per heavy atom. The van der Waals surface area contributed by atoms with Crippen molar-refractivity contribution in [3.63, 3.8) is 0 Å². The van der Waals surface area contributed by atoms with Crippen molar-refractivity contribution in [2.24, 2.45) is 0 Å². The van der Waals surface area contributed by atoms with Gasteiger partial charge in [-0.3, -0.25) is 9.59 Å². The number of hydrogen-bond donors (Lipinski definition) is 1. The van der Waals surface area contributed by atoms with E-state index in [1.165, 1.54) is 6.92 Å². The molecule has 16 heavy (non-hydrogen) atoms. The van der Waals surface area contributed by atoms with E-state index in [1.54, 1.807) is 0 Å². The Morgan fingerprint density at radius 1 is 1.38 bits per heavy atom. The Kier molecular flexibility index (Phi) is 2.90. The van der Waals surface area contributed by atoms with E-state index >= 15 is 0 Å². The molecule has 1 aliphatic heterocycles. The van der Waals surface area contributed by atoms with E-state index in [0.717, 1.165) is 5.56 Å². The topological polar surface area (TPSA) is 55.4 Å². The zero-order valence-corrected chi connectivity index (χ0v) is 8.97. The molecule has 0 unspecified atom stereocenters. The van der Waals surface area contributed by atoms with E-state index in [4.69, 9.17) is 4.74 Å². The first-order valence-corrected chi connectivity index (χ1v) is 5.18. The summed E-state index contributed by atoms with van der Waals surface area (Å²) < 4.78 is 5.13. The lowest BCUT2D eigenvalue weighted by Gasteiger charge is -2.18. The maximum Gasteiger partial charge on any atom is 0.303 e. The van der Waals surface area contributed by atoms with Gasteiger partial charge in [-0.25, -0.2) is 0 Å². The lowest BCUT2D eigenvalue weighted by atomic mass is 10.0.